The molecule has 0 aliphatic heterocycles. The molecule has 2 heterocycles. The van der Waals surface area contributed by atoms with Crippen LogP contribution in [0.15, 0.2) is 18.3 Å². The van der Waals surface area contributed by atoms with Gasteiger partial charge in [-0.3, -0.25) is 10.1 Å². The molecule has 7 heteroatoms. The van der Waals surface area contributed by atoms with E-state index in [1.54, 1.807) is 26.0 Å². The summed E-state index contributed by atoms with van der Waals surface area (Å²) in [6.45, 7) is 3.23. The van der Waals surface area contributed by atoms with Gasteiger partial charge in [-0.15, -0.1) is 0 Å². The first kappa shape index (κ1) is 11.5. The van der Waals surface area contributed by atoms with E-state index in [0.717, 1.165) is 0 Å². The monoisotopic (exact) mass is 252 g/mol. The molecule has 0 atom stereocenters. The molecule has 0 N–H and O–H groups in total. The first-order chi connectivity index (χ1) is 8.00. The van der Waals surface area contributed by atoms with E-state index in [4.69, 9.17) is 11.6 Å². The van der Waals surface area contributed by atoms with Gasteiger partial charge in [-0.05, 0) is 26.0 Å². The number of pyridine rings is 1. The molecule has 0 aliphatic rings. The molecule has 6 nitrogen and oxygen atoms in total. The average molecular weight is 253 g/mol. The van der Waals surface area contributed by atoms with Crippen LogP contribution in [-0.2, 0) is 0 Å². The van der Waals surface area contributed by atoms with Gasteiger partial charge in [0.25, 0.3) is 0 Å². The van der Waals surface area contributed by atoms with Crippen molar-refractivity contribution in [1.29, 1.82) is 0 Å². The zero-order valence-corrected chi connectivity index (χ0v) is 9.97. The summed E-state index contributed by atoms with van der Waals surface area (Å²) in [5.41, 5.74) is 0.827. The first-order valence-electron chi connectivity index (χ1n) is 4.83. The van der Waals surface area contributed by atoms with E-state index >= 15 is 0 Å². The van der Waals surface area contributed by atoms with Gasteiger partial charge in [-0.25, -0.2) is 9.67 Å². The maximum atomic E-state index is 10.9. The van der Waals surface area contributed by atoms with Gasteiger partial charge in [0, 0.05) is 6.20 Å². The maximum Gasteiger partial charge on any atom is 0.313 e. The van der Waals surface area contributed by atoms with Crippen molar-refractivity contribution in [2.24, 2.45) is 0 Å². The molecule has 17 heavy (non-hydrogen) atoms. The standard InChI is InChI=1S/C10H9ClN4O2/c1-6-10(15(16)17)7(2)14(13-6)9-4-3-8(11)5-12-9/h3-5H,1-2H3. The van der Waals surface area contributed by atoms with Crippen LogP contribution in [0.25, 0.3) is 5.82 Å². The van der Waals surface area contributed by atoms with Crippen LogP contribution in [-0.4, -0.2) is 19.7 Å². The minimum absolute atomic E-state index is 0.0155. The summed E-state index contributed by atoms with van der Waals surface area (Å²) in [4.78, 5) is 14.5. The lowest BCUT2D eigenvalue weighted by molar-refractivity contribution is -0.386. The molecule has 2 aromatic heterocycles. The Labute approximate surface area is 102 Å². The molecular formula is C10H9ClN4O2. The number of rotatable bonds is 2. The average Bonchev–Trinajstić information content (AvgIpc) is 2.55. The van der Waals surface area contributed by atoms with E-state index in [1.807, 2.05) is 0 Å². The van der Waals surface area contributed by atoms with Gasteiger partial charge in [0.05, 0.1) is 9.95 Å². The molecule has 2 aromatic rings. The molecule has 0 aliphatic carbocycles. The van der Waals surface area contributed by atoms with Crippen molar-refractivity contribution in [2.75, 3.05) is 0 Å². The zero-order chi connectivity index (χ0) is 12.6. The normalized spacial score (nSPS) is 10.5. The topological polar surface area (TPSA) is 73.8 Å². The van der Waals surface area contributed by atoms with Crippen molar-refractivity contribution in [3.63, 3.8) is 0 Å². The molecule has 88 valence electrons. The lowest BCUT2D eigenvalue weighted by Gasteiger charge is -2.01. The summed E-state index contributed by atoms with van der Waals surface area (Å²) >= 11 is 5.73. The van der Waals surface area contributed by atoms with Crippen LogP contribution in [0.1, 0.15) is 11.4 Å². The molecule has 0 aromatic carbocycles. The highest BCUT2D eigenvalue weighted by molar-refractivity contribution is 6.30. The Hall–Kier alpha value is -1.95. The second-order valence-corrected chi connectivity index (χ2v) is 3.96. The Kier molecular flexibility index (Phi) is 2.81. The van der Waals surface area contributed by atoms with Crippen molar-refractivity contribution in [3.05, 3.63) is 44.9 Å². The van der Waals surface area contributed by atoms with Gasteiger partial charge < -0.3 is 0 Å². The number of nitro groups is 1. The summed E-state index contributed by atoms with van der Waals surface area (Å²) in [5.74, 6) is 0.503. The largest absolute Gasteiger partial charge is 0.313 e. The predicted molar refractivity (Wildman–Crippen MR) is 62.5 cm³/mol. The Morgan fingerprint density at radius 2 is 2.12 bits per heavy atom. The highest BCUT2D eigenvalue weighted by Crippen LogP contribution is 2.24. The van der Waals surface area contributed by atoms with E-state index in [-0.39, 0.29) is 5.69 Å². The molecular weight excluding hydrogens is 244 g/mol. The molecule has 0 saturated carbocycles. The van der Waals surface area contributed by atoms with Gasteiger partial charge in [-0.1, -0.05) is 11.6 Å². The number of aryl methyl sites for hydroxylation is 1. The van der Waals surface area contributed by atoms with Crippen molar-refractivity contribution < 1.29 is 4.92 Å². The van der Waals surface area contributed by atoms with E-state index in [2.05, 4.69) is 10.1 Å². The quantitative estimate of drug-likeness (QED) is 0.608. The fourth-order valence-electron chi connectivity index (χ4n) is 1.62. The summed E-state index contributed by atoms with van der Waals surface area (Å²) < 4.78 is 1.43. The predicted octanol–water partition coefficient (Wildman–Crippen LogP) is 2.45. The number of nitrogens with zero attached hydrogens (tertiary/aromatic N) is 4. The van der Waals surface area contributed by atoms with Crippen LogP contribution >= 0.6 is 11.6 Å². The minimum Gasteiger partial charge on any atom is -0.258 e. The SMILES string of the molecule is Cc1nn(-c2ccc(Cl)cn2)c(C)c1[N+](=O)[O-]. The van der Waals surface area contributed by atoms with E-state index < -0.39 is 4.92 Å². The first-order valence-corrected chi connectivity index (χ1v) is 5.21. The molecule has 0 fully saturated rings. The highest BCUT2D eigenvalue weighted by Gasteiger charge is 2.22. The summed E-state index contributed by atoms with van der Waals surface area (Å²) in [6, 6.07) is 3.32. The Balaban J connectivity index is 2.57. The number of hydrogen-bond acceptors (Lipinski definition) is 4. The van der Waals surface area contributed by atoms with Crippen LogP contribution in [0.5, 0.6) is 0 Å². The van der Waals surface area contributed by atoms with E-state index in [1.165, 1.54) is 10.9 Å². The maximum absolute atomic E-state index is 10.9. The number of hydrogen-bond donors (Lipinski definition) is 0. The molecule has 0 spiro atoms. The van der Waals surface area contributed by atoms with Crippen LogP contribution in [0.3, 0.4) is 0 Å². The summed E-state index contributed by atoms with van der Waals surface area (Å²) in [5, 5.41) is 15.5. The zero-order valence-electron chi connectivity index (χ0n) is 9.22. The highest BCUT2D eigenvalue weighted by atomic mass is 35.5. The van der Waals surface area contributed by atoms with Crippen LogP contribution in [0, 0.1) is 24.0 Å². The van der Waals surface area contributed by atoms with Gasteiger partial charge in [-0.2, -0.15) is 5.10 Å². The third kappa shape index (κ3) is 1.99. The van der Waals surface area contributed by atoms with Crippen molar-refractivity contribution >= 4 is 17.3 Å². The molecule has 0 amide bonds. The van der Waals surface area contributed by atoms with Crippen LogP contribution < -0.4 is 0 Å². The Bertz CT molecular complexity index is 577. The van der Waals surface area contributed by atoms with Crippen molar-refractivity contribution in [1.82, 2.24) is 14.8 Å². The Morgan fingerprint density at radius 3 is 2.59 bits per heavy atom. The summed E-state index contributed by atoms with van der Waals surface area (Å²) in [7, 11) is 0. The van der Waals surface area contributed by atoms with Crippen molar-refractivity contribution in [2.45, 2.75) is 13.8 Å². The minimum atomic E-state index is -0.440. The second kappa shape index (κ2) is 4.14. The second-order valence-electron chi connectivity index (χ2n) is 3.52. The number of halogens is 1. The fraction of sp³-hybridized carbons (Fsp3) is 0.200. The summed E-state index contributed by atoms with van der Waals surface area (Å²) in [6.07, 6.45) is 1.47. The van der Waals surface area contributed by atoms with E-state index in [9.17, 15) is 10.1 Å². The molecule has 0 radical (unpaired) electrons. The van der Waals surface area contributed by atoms with Gasteiger partial charge in [0.15, 0.2) is 5.82 Å². The third-order valence-electron chi connectivity index (χ3n) is 2.36. The number of aromatic nitrogens is 3. The molecule has 0 unspecified atom stereocenters. The van der Waals surface area contributed by atoms with Gasteiger partial charge >= 0.3 is 5.69 Å². The lowest BCUT2D eigenvalue weighted by atomic mass is 10.3. The smallest absolute Gasteiger partial charge is 0.258 e. The fourth-order valence-corrected chi connectivity index (χ4v) is 1.73. The molecule has 0 saturated heterocycles. The van der Waals surface area contributed by atoms with Crippen LogP contribution in [0.4, 0.5) is 5.69 Å². The molecule has 0 bridgehead atoms. The third-order valence-corrected chi connectivity index (χ3v) is 2.59. The Morgan fingerprint density at radius 1 is 1.41 bits per heavy atom. The van der Waals surface area contributed by atoms with E-state index in [0.29, 0.717) is 22.2 Å². The van der Waals surface area contributed by atoms with Crippen LogP contribution in [0.2, 0.25) is 5.02 Å². The molecule has 2 rings (SSSR count). The van der Waals surface area contributed by atoms with Gasteiger partial charge in [0.1, 0.15) is 11.4 Å². The van der Waals surface area contributed by atoms with Crippen molar-refractivity contribution in [3.8, 4) is 5.82 Å². The lowest BCUT2D eigenvalue weighted by Crippen LogP contribution is -2.01. The van der Waals surface area contributed by atoms with Gasteiger partial charge in [0.2, 0.25) is 0 Å².